The number of hydrogen-bond donors (Lipinski definition) is 0. The van der Waals surface area contributed by atoms with E-state index in [9.17, 15) is 5.26 Å². The summed E-state index contributed by atoms with van der Waals surface area (Å²) in [7, 11) is -2.29. The van der Waals surface area contributed by atoms with Crippen LogP contribution in [0, 0.1) is 11.3 Å². The average Bonchev–Trinajstić information content (AvgIpc) is 3.54. The third kappa shape index (κ3) is 3.45. The number of rotatable bonds is 2. The van der Waals surface area contributed by atoms with Crippen molar-refractivity contribution in [2.75, 3.05) is 4.90 Å². The molecule has 0 spiro atoms. The number of benzene rings is 5. The van der Waals surface area contributed by atoms with E-state index in [0.29, 0.717) is 5.69 Å². The summed E-state index contributed by atoms with van der Waals surface area (Å²) in [6.45, 7) is 4.89. The maximum absolute atomic E-state index is 9.58. The van der Waals surface area contributed by atoms with Crippen molar-refractivity contribution in [2.45, 2.75) is 13.1 Å². The molecule has 0 atom stereocenters. The predicted molar refractivity (Wildman–Crippen MR) is 184 cm³/mol. The van der Waals surface area contributed by atoms with Gasteiger partial charge in [0.1, 0.15) is 19.8 Å². The van der Waals surface area contributed by atoms with Crippen LogP contribution in [0.1, 0.15) is 5.69 Å². The van der Waals surface area contributed by atoms with E-state index < -0.39 is 8.07 Å². The fourth-order valence-corrected chi connectivity index (χ4v) is 12.2. The molecule has 2 aromatic heterocycles. The van der Waals surface area contributed by atoms with Crippen molar-refractivity contribution >= 4 is 67.0 Å². The Morgan fingerprint density at radius 1 is 0.659 bits per heavy atom. The van der Waals surface area contributed by atoms with E-state index in [-0.39, 0.29) is 0 Å². The summed E-state index contributed by atoms with van der Waals surface area (Å²) in [5, 5.41) is 14.8. The molecular weight excluding hydrogens is 575 g/mol. The van der Waals surface area contributed by atoms with Crippen molar-refractivity contribution < 1.29 is 4.74 Å². The lowest BCUT2D eigenvalue weighted by atomic mass is 10.00. The van der Waals surface area contributed by atoms with Gasteiger partial charge in [-0.3, -0.25) is 0 Å². The van der Waals surface area contributed by atoms with E-state index in [1.165, 1.54) is 47.4 Å². The van der Waals surface area contributed by atoms with Gasteiger partial charge in [-0.25, -0.2) is 4.98 Å². The number of aromatic nitrogens is 1. The Morgan fingerprint density at radius 3 is 2.27 bits per heavy atom. The Balaban J connectivity index is 1.30. The molecule has 9 rings (SSSR count). The molecule has 4 heterocycles. The molecule has 44 heavy (non-hydrogen) atoms. The van der Waals surface area contributed by atoms with Crippen LogP contribution in [-0.2, 0) is 0 Å². The van der Waals surface area contributed by atoms with E-state index in [2.05, 4.69) is 115 Å². The fourth-order valence-electron chi connectivity index (χ4n) is 7.28. The lowest BCUT2D eigenvalue weighted by Crippen LogP contribution is -2.51. The van der Waals surface area contributed by atoms with Crippen LogP contribution in [0.3, 0.4) is 0 Å². The van der Waals surface area contributed by atoms with Crippen LogP contribution in [0.25, 0.3) is 42.6 Å². The third-order valence-electron chi connectivity index (χ3n) is 9.05. The molecule has 0 bridgehead atoms. The maximum atomic E-state index is 9.58. The van der Waals surface area contributed by atoms with E-state index >= 15 is 0 Å². The fraction of sp³-hybridized carbons (Fsp3) is 0.0526. The van der Waals surface area contributed by atoms with Crippen molar-refractivity contribution in [1.29, 1.82) is 5.26 Å². The predicted octanol–water partition coefficient (Wildman–Crippen LogP) is 9.37. The Labute approximate surface area is 260 Å². The second kappa shape index (κ2) is 9.14. The van der Waals surface area contributed by atoms with Gasteiger partial charge in [-0.05, 0) is 70.0 Å². The number of pyridine rings is 1. The van der Waals surface area contributed by atoms with E-state index in [0.717, 1.165) is 34.1 Å². The molecule has 208 valence electrons. The number of para-hydroxylation sites is 2. The number of hydrogen-bond acceptors (Lipinski definition) is 5. The summed E-state index contributed by atoms with van der Waals surface area (Å²) < 4.78 is 9.15. The molecule has 6 heteroatoms. The highest BCUT2D eigenvalue weighted by atomic mass is 32.1. The van der Waals surface area contributed by atoms with Crippen molar-refractivity contribution in [3.63, 3.8) is 0 Å². The Morgan fingerprint density at radius 2 is 1.39 bits per heavy atom. The van der Waals surface area contributed by atoms with Crippen LogP contribution in [0.5, 0.6) is 11.5 Å². The minimum atomic E-state index is -2.29. The number of fused-ring (bicyclic) bond motifs is 8. The lowest BCUT2D eigenvalue weighted by Gasteiger charge is -2.36. The van der Waals surface area contributed by atoms with Gasteiger partial charge < -0.3 is 9.64 Å². The van der Waals surface area contributed by atoms with Crippen LogP contribution >= 0.6 is 11.3 Å². The molecule has 0 saturated heterocycles. The molecule has 5 aromatic carbocycles. The summed E-state index contributed by atoms with van der Waals surface area (Å²) in [6, 6.07) is 42.7. The normalized spacial score (nSPS) is 14.0. The molecule has 0 unspecified atom stereocenters. The molecule has 0 saturated carbocycles. The monoisotopic (exact) mass is 599 g/mol. The van der Waals surface area contributed by atoms with Gasteiger partial charge in [0, 0.05) is 31.4 Å². The van der Waals surface area contributed by atoms with Crippen molar-refractivity contribution in [1.82, 2.24) is 4.98 Å². The largest absolute Gasteiger partial charge is 0.453 e. The van der Waals surface area contributed by atoms with Gasteiger partial charge in [0.25, 0.3) is 0 Å². The Hall–Kier alpha value is -5.22. The minimum absolute atomic E-state index is 0.435. The minimum Gasteiger partial charge on any atom is -0.453 e. The molecular formula is C38H25N3OSSi. The zero-order chi connectivity index (χ0) is 29.6. The number of nitriles is 1. The van der Waals surface area contributed by atoms with Gasteiger partial charge in [0.15, 0.2) is 11.5 Å². The average molecular weight is 600 g/mol. The van der Waals surface area contributed by atoms with Crippen LogP contribution < -0.4 is 20.0 Å². The molecule has 0 amide bonds. The summed E-state index contributed by atoms with van der Waals surface area (Å²) >= 11 is 1.83. The van der Waals surface area contributed by atoms with Crippen LogP contribution in [-0.4, -0.2) is 13.1 Å². The lowest BCUT2D eigenvalue weighted by molar-refractivity contribution is 0.478. The first-order valence-electron chi connectivity index (χ1n) is 14.7. The van der Waals surface area contributed by atoms with Crippen molar-refractivity contribution in [3.8, 4) is 40.0 Å². The zero-order valence-electron chi connectivity index (χ0n) is 24.1. The van der Waals surface area contributed by atoms with Crippen molar-refractivity contribution in [2.24, 2.45) is 0 Å². The van der Waals surface area contributed by atoms with Gasteiger partial charge in [-0.15, -0.1) is 11.3 Å². The van der Waals surface area contributed by atoms with E-state index in [4.69, 9.17) is 9.72 Å². The van der Waals surface area contributed by atoms with Crippen LogP contribution in [0.15, 0.2) is 115 Å². The summed E-state index contributed by atoms with van der Waals surface area (Å²) in [5.41, 5.74) is 8.24. The summed E-state index contributed by atoms with van der Waals surface area (Å²) in [5.74, 6) is 1.72. The number of anilines is 3. The number of thiophene rings is 1. The first-order valence-corrected chi connectivity index (χ1v) is 18.5. The van der Waals surface area contributed by atoms with Gasteiger partial charge >= 0.3 is 0 Å². The molecule has 0 aliphatic carbocycles. The van der Waals surface area contributed by atoms with Gasteiger partial charge in [-0.1, -0.05) is 79.8 Å². The first kappa shape index (κ1) is 25.3. The zero-order valence-corrected chi connectivity index (χ0v) is 25.9. The molecule has 0 fully saturated rings. The quantitative estimate of drug-likeness (QED) is 0.186. The molecule has 0 radical (unpaired) electrons. The molecule has 7 aromatic rings. The van der Waals surface area contributed by atoms with Gasteiger partial charge in [0.2, 0.25) is 0 Å². The SMILES string of the molecule is C[Si]1(C)c2c(-c3cccc(C#N)n3)cccc2-c2cccc(N3c4ccccc4Oc4cc5c(cc43)sc3ccccc35)c21. The Bertz CT molecular complexity index is 2390. The van der Waals surface area contributed by atoms with Gasteiger partial charge in [0.05, 0.1) is 17.1 Å². The van der Waals surface area contributed by atoms with Crippen LogP contribution in [0.2, 0.25) is 13.1 Å². The standard InChI is InChI=1S/C38H25N3OSSi/c1-44(2)37-25(12-8-14-27(37)29-15-7-10-23(22-39)40-29)26-13-9-17-31(38(26)44)41-30-16-4-5-18-33(30)42-34-20-28-24-11-3-6-19-35(24)43-36(28)21-32(34)41/h3-21H,1-2H3. The molecule has 2 aliphatic heterocycles. The van der Waals surface area contributed by atoms with Crippen LogP contribution in [0.4, 0.5) is 17.1 Å². The van der Waals surface area contributed by atoms with E-state index in [1.54, 1.807) is 6.07 Å². The Kier molecular flexibility index (Phi) is 5.25. The number of ether oxygens (including phenoxy) is 1. The second-order valence-electron chi connectivity index (χ2n) is 11.9. The number of nitrogens with zero attached hydrogens (tertiary/aromatic N) is 3. The topological polar surface area (TPSA) is 49.2 Å². The highest BCUT2D eigenvalue weighted by Gasteiger charge is 2.43. The molecule has 2 aliphatic rings. The highest BCUT2D eigenvalue weighted by Crippen LogP contribution is 2.53. The summed E-state index contributed by atoms with van der Waals surface area (Å²) in [4.78, 5) is 7.14. The van der Waals surface area contributed by atoms with Crippen molar-refractivity contribution in [3.05, 3.63) is 121 Å². The first-order chi connectivity index (χ1) is 21.5. The molecule has 4 nitrogen and oxygen atoms in total. The highest BCUT2D eigenvalue weighted by molar-refractivity contribution is 7.25. The maximum Gasteiger partial charge on any atom is 0.152 e. The second-order valence-corrected chi connectivity index (χ2v) is 17.2. The molecule has 0 N–H and O–H groups in total. The third-order valence-corrected chi connectivity index (χ3v) is 13.8. The smallest absolute Gasteiger partial charge is 0.152 e. The van der Waals surface area contributed by atoms with Gasteiger partial charge in [-0.2, -0.15) is 5.26 Å². The van der Waals surface area contributed by atoms with E-state index in [1.807, 2.05) is 29.5 Å². The summed E-state index contributed by atoms with van der Waals surface area (Å²) in [6.07, 6.45) is 0.